The van der Waals surface area contributed by atoms with Crippen LogP contribution in [0.15, 0.2) is 53.3 Å². The van der Waals surface area contributed by atoms with Crippen molar-refractivity contribution < 1.29 is 17.7 Å². The number of carbonyl (C=O) groups excluding carboxylic acids is 1. The van der Waals surface area contributed by atoms with Crippen LogP contribution >= 0.6 is 0 Å². The number of anilines is 2. The molecule has 2 aliphatic rings. The minimum atomic E-state index is -3.55. The predicted molar refractivity (Wildman–Crippen MR) is 117 cm³/mol. The lowest BCUT2D eigenvalue weighted by Gasteiger charge is -2.14. The molecule has 1 fully saturated rings. The second-order valence-corrected chi connectivity index (χ2v) is 9.72. The van der Waals surface area contributed by atoms with Crippen LogP contribution in [-0.2, 0) is 23.2 Å². The maximum Gasteiger partial charge on any atom is 0.323 e. The number of amides is 1. The number of aromatic nitrogens is 1. The zero-order chi connectivity index (χ0) is 21.6. The summed E-state index contributed by atoms with van der Waals surface area (Å²) in [7, 11) is -1.98. The van der Waals surface area contributed by atoms with E-state index in [1.54, 1.807) is 7.05 Å². The van der Waals surface area contributed by atoms with Gasteiger partial charge in [0.05, 0.1) is 11.4 Å². The van der Waals surface area contributed by atoms with E-state index >= 15 is 0 Å². The van der Waals surface area contributed by atoms with Crippen molar-refractivity contribution >= 4 is 27.5 Å². The third-order valence-electron chi connectivity index (χ3n) is 5.72. The van der Waals surface area contributed by atoms with Gasteiger partial charge in [-0.25, -0.2) is 0 Å². The second kappa shape index (κ2) is 7.42. The van der Waals surface area contributed by atoms with E-state index in [4.69, 9.17) is 4.52 Å². The van der Waals surface area contributed by atoms with E-state index in [1.165, 1.54) is 29.5 Å². The molecule has 3 aromatic rings. The van der Waals surface area contributed by atoms with E-state index in [2.05, 4.69) is 21.3 Å². The maximum atomic E-state index is 12.4. The first-order valence-electron chi connectivity index (χ1n) is 10.1. The highest BCUT2D eigenvalue weighted by molar-refractivity contribution is 7.94. The fourth-order valence-electron chi connectivity index (χ4n) is 3.80. The van der Waals surface area contributed by atoms with Crippen LogP contribution in [0.5, 0.6) is 0 Å². The van der Waals surface area contributed by atoms with Crippen LogP contribution in [0.2, 0.25) is 0 Å². The second-order valence-electron chi connectivity index (χ2n) is 8.02. The van der Waals surface area contributed by atoms with Gasteiger partial charge in [0.15, 0.2) is 5.69 Å². The smallest absolute Gasteiger partial charge is 0.323 e. The fraction of sp³-hybridized carbons (Fsp3) is 0.273. The number of rotatable bonds is 6. The molecular weight excluding hydrogens is 416 g/mol. The Labute approximate surface area is 180 Å². The van der Waals surface area contributed by atoms with Crippen LogP contribution in [0.25, 0.3) is 11.1 Å². The third kappa shape index (κ3) is 3.88. The largest absolute Gasteiger partial charge is 0.364 e. The van der Waals surface area contributed by atoms with E-state index in [0.717, 1.165) is 28.7 Å². The number of hydrogen-bond acceptors (Lipinski definition) is 5. The van der Waals surface area contributed by atoms with E-state index in [9.17, 15) is 13.2 Å². The molecule has 0 saturated heterocycles. The van der Waals surface area contributed by atoms with E-state index < -0.39 is 10.2 Å². The average Bonchev–Trinajstić information content (AvgIpc) is 3.32. The Hall–Kier alpha value is -3.33. The molecule has 8 nitrogen and oxygen atoms in total. The van der Waals surface area contributed by atoms with Gasteiger partial charge in [0.2, 0.25) is 0 Å². The number of carbonyl (C=O) groups is 1. The van der Waals surface area contributed by atoms with E-state index in [-0.39, 0.29) is 11.6 Å². The average molecular weight is 439 g/mol. The Balaban J connectivity index is 1.44. The summed E-state index contributed by atoms with van der Waals surface area (Å²) in [5.41, 5.74) is 5.45. The third-order valence-corrected chi connectivity index (χ3v) is 7.10. The molecule has 31 heavy (non-hydrogen) atoms. The Bertz CT molecular complexity index is 1250. The molecule has 1 aliphatic heterocycles. The van der Waals surface area contributed by atoms with Crippen LogP contribution < -0.4 is 14.3 Å². The first kappa shape index (κ1) is 19.6. The molecule has 1 aromatic heterocycles. The molecule has 0 spiro atoms. The quantitative estimate of drug-likeness (QED) is 0.614. The van der Waals surface area contributed by atoms with Crippen molar-refractivity contribution in [1.29, 1.82) is 0 Å². The highest BCUT2D eigenvalue weighted by Crippen LogP contribution is 2.44. The topological polar surface area (TPSA) is 105 Å². The normalized spacial score (nSPS) is 16.6. The van der Waals surface area contributed by atoms with Gasteiger partial charge >= 0.3 is 10.2 Å². The molecule has 0 radical (unpaired) electrons. The first-order chi connectivity index (χ1) is 14.9. The lowest BCUT2D eigenvalue weighted by Crippen LogP contribution is -2.25. The van der Waals surface area contributed by atoms with Crippen molar-refractivity contribution in [1.82, 2.24) is 10.5 Å². The molecule has 1 saturated carbocycles. The number of nitrogens with one attached hydrogen (secondary N) is 2. The Kier molecular flexibility index (Phi) is 4.70. The summed E-state index contributed by atoms with van der Waals surface area (Å²) in [6, 6.07) is 13.3. The van der Waals surface area contributed by atoms with Gasteiger partial charge in [-0.05, 0) is 65.6 Å². The molecule has 2 heterocycles. The predicted octanol–water partition coefficient (Wildman–Crippen LogP) is 3.33. The Morgan fingerprint density at radius 2 is 2.06 bits per heavy atom. The molecule has 2 aromatic carbocycles. The van der Waals surface area contributed by atoms with Crippen LogP contribution in [0, 0.1) is 5.92 Å². The summed E-state index contributed by atoms with van der Waals surface area (Å²) in [5, 5.41) is 6.46. The molecular formula is C22H22N4O4S. The van der Waals surface area contributed by atoms with Crippen molar-refractivity contribution in [2.24, 2.45) is 5.92 Å². The summed E-state index contributed by atoms with van der Waals surface area (Å²) in [5.74, 6) is 0.314. The van der Waals surface area contributed by atoms with E-state index in [0.29, 0.717) is 23.8 Å². The van der Waals surface area contributed by atoms with Gasteiger partial charge in [0.1, 0.15) is 6.26 Å². The number of fused-ring (bicyclic) bond motifs is 1. The van der Waals surface area contributed by atoms with Crippen LogP contribution in [0.4, 0.5) is 11.4 Å². The van der Waals surface area contributed by atoms with Gasteiger partial charge in [-0.1, -0.05) is 23.4 Å². The molecule has 9 heteroatoms. The Morgan fingerprint density at radius 3 is 2.81 bits per heavy atom. The lowest BCUT2D eigenvalue weighted by molar-refractivity contribution is 0.0942. The summed E-state index contributed by atoms with van der Waals surface area (Å²) in [6.45, 7) is 0.343. The molecule has 160 valence electrons. The highest BCUT2D eigenvalue weighted by atomic mass is 32.2. The van der Waals surface area contributed by atoms with Crippen molar-refractivity contribution in [2.45, 2.75) is 25.8 Å². The fourth-order valence-corrected chi connectivity index (χ4v) is 4.84. The summed E-state index contributed by atoms with van der Waals surface area (Å²) < 4.78 is 33.5. The molecule has 5 rings (SSSR count). The maximum absolute atomic E-state index is 12.4. The van der Waals surface area contributed by atoms with Gasteiger partial charge < -0.3 is 9.84 Å². The zero-order valence-corrected chi connectivity index (χ0v) is 17.8. The van der Waals surface area contributed by atoms with Crippen molar-refractivity contribution in [3.8, 4) is 11.1 Å². The minimum absolute atomic E-state index is 0.233. The summed E-state index contributed by atoms with van der Waals surface area (Å²) in [4.78, 5) is 12.1. The number of nitrogens with zero attached hydrogens (tertiary/aromatic N) is 2. The van der Waals surface area contributed by atoms with Gasteiger partial charge in [0, 0.05) is 19.7 Å². The van der Waals surface area contributed by atoms with E-state index in [1.807, 2.05) is 30.3 Å². The monoisotopic (exact) mass is 438 g/mol. The summed E-state index contributed by atoms with van der Waals surface area (Å²) >= 11 is 0. The highest BCUT2D eigenvalue weighted by Gasteiger charge is 2.33. The zero-order valence-electron chi connectivity index (χ0n) is 17.0. The minimum Gasteiger partial charge on any atom is -0.364 e. The number of hydrogen-bond donors (Lipinski definition) is 2. The van der Waals surface area contributed by atoms with Gasteiger partial charge in [0.25, 0.3) is 5.91 Å². The van der Waals surface area contributed by atoms with Crippen LogP contribution in [0.3, 0.4) is 0 Å². The standard InChI is InChI=1S/C22H22N4O4S/c1-26-20-12-17(11-18(9-14-5-6-14)21(20)25-31(26,28)29)16-4-2-3-15(10-16)13-23-22(27)19-7-8-30-24-19/h2-4,7-8,10-12,14,25H,5-6,9,13H2,1H3,(H,23,27). The summed E-state index contributed by atoms with van der Waals surface area (Å²) in [6.07, 6.45) is 4.58. The molecule has 1 aliphatic carbocycles. The lowest BCUT2D eigenvalue weighted by atomic mass is 9.96. The van der Waals surface area contributed by atoms with Crippen molar-refractivity contribution in [2.75, 3.05) is 16.1 Å². The van der Waals surface area contributed by atoms with Gasteiger partial charge in [-0.15, -0.1) is 0 Å². The molecule has 2 N–H and O–H groups in total. The van der Waals surface area contributed by atoms with Crippen LogP contribution in [-0.4, -0.2) is 26.5 Å². The molecule has 1 amide bonds. The molecule has 0 atom stereocenters. The Morgan fingerprint density at radius 1 is 1.23 bits per heavy atom. The van der Waals surface area contributed by atoms with Gasteiger partial charge in [-0.3, -0.25) is 13.8 Å². The first-order valence-corrected chi connectivity index (χ1v) is 11.6. The van der Waals surface area contributed by atoms with Crippen LogP contribution in [0.1, 0.15) is 34.5 Å². The SMILES string of the molecule is CN1c2cc(-c3cccc(CNC(=O)c4ccon4)c3)cc(CC3CC3)c2NS1(=O)=O. The van der Waals surface area contributed by atoms with Gasteiger partial charge in [-0.2, -0.15) is 8.42 Å². The van der Waals surface area contributed by atoms with Crippen molar-refractivity contribution in [3.63, 3.8) is 0 Å². The molecule has 0 unspecified atom stereocenters. The number of benzene rings is 2. The van der Waals surface area contributed by atoms with Crippen molar-refractivity contribution in [3.05, 3.63) is 65.5 Å². The molecule has 0 bridgehead atoms.